The number of alkyl halides is 2. The molecule has 0 bridgehead atoms. The first-order chi connectivity index (χ1) is 11.7. The Hall–Kier alpha value is -1.77. The van der Waals surface area contributed by atoms with Gasteiger partial charge in [0.15, 0.2) is 0 Å². The Morgan fingerprint density at radius 1 is 1.28 bits per heavy atom. The van der Waals surface area contributed by atoms with E-state index in [1.54, 1.807) is 4.90 Å². The molecule has 0 aromatic heterocycles. The summed E-state index contributed by atoms with van der Waals surface area (Å²) in [7, 11) is 0. The Balaban J connectivity index is 1.90. The lowest BCUT2D eigenvalue weighted by Gasteiger charge is -2.38. The third-order valence-electron chi connectivity index (χ3n) is 4.71. The van der Waals surface area contributed by atoms with Crippen LogP contribution < -0.4 is 0 Å². The summed E-state index contributed by atoms with van der Waals surface area (Å²) in [6.07, 6.45) is -0.674. The fourth-order valence-electron chi connectivity index (χ4n) is 3.29. The highest BCUT2D eigenvalue weighted by molar-refractivity contribution is 5.80. The zero-order chi connectivity index (χ0) is 18.6. The molecule has 2 rings (SSSR count). The van der Waals surface area contributed by atoms with E-state index in [0.717, 1.165) is 4.90 Å². The molecule has 2 aliphatic rings. The van der Waals surface area contributed by atoms with Crippen LogP contribution in [0.2, 0.25) is 0 Å². The van der Waals surface area contributed by atoms with E-state index in [2.05, 4.69) is 0 Å². The number of amides is 2. The molecule has 2 amide bonds. The Morgan fingerprint density at radius 3 is 2.48 bits per heavy atom. The van der Waals surface area contributed by atoms with Crippen LogP contribution in [-0.2, 0) is 19.1 Å². The maximum atomic E-state index is 13.2. The third-order valence-corrected chi connectivity index (χ3v) is 4.71. The summed E-state index contributed by atoms with van der Waals surface area (Å²) >= 11 is 0. The van der Waals surface area contributed by atoms with Gasteiger partial charge in [-0.05, 0) is 12.8 Å². The second kappa shape index (κ2) is 8.07. The van der Waals surface area contributed by atoms with Gasteiger partial charge < -0.3 is 19.6 Å². The highest BCUT2D eigenvalue weighted by Gasteiger charge is 2.39. The second-order valence-corrected chi connectivity index (χ2v) is 6.70. The van der Waals surface area contributed by atoms with Gasteiger partial charge in [0.25, 0.3) is 0 Å². The van der Waals surface area contributed by atoms with Gasteiger partial charge in [-0.15, -0.1) is 0 Å². The molecule has 0 spiro atoms. The van der Waals surface area contributed by atoms with Crippen molar-refractivity contribution in [2.24, 2.45) is 5.92 Å². The molecular weight excluding hydrogens is 338 g/mol. The van der Waals surface area contributed by atoms with Crippen LogP contribution in [0.15, 0.2) is 0 Å². The number of hydrogen-bond donors (Lipinski definition) is 1. The van der Waals surface area contributed by atoms with Crippen molar-refractivity contribution in [3.05, 3.63) is 0 Å². The molecular formula is C16H24F2N2O5. The smallest absolute Gasteiger partial charge is 0.323 e. The van der Waals surface area contributed by atoms with Crippen molar-refractivity contribution in [3.8, 4) is 0 Å². The Bertz CT molecular complexity index is 519. The van der Waals surface area contributed by atoms with E-state index >= 15 is 0 Å². The van der Waals surface area contributed by atoms with Crippen molar-refractivity contribution in [1.82, 2.24) is 9.80 Å². The minimum Gasteiger partial charge on any atom is -0.480 e. The molecule has 1 heterocycles. The number of aliphatic carboxylic acids is 1. The Labute approximate surface area is 144 Å². The minimum absolute atomic E-state index is 0.0775. The predicted molar refractivity (Wildman–Crippen MR) is 83.1 cm³/mol. The van der Waals surface area contributed by atoms with Crippen LogP contribution in [0.4, 0.5) is 8.78 Å². The first-order valence-corrected chi connectivity index (χ1v) is 8.43. The van der Waals surface area contributed by atoms with Gasteiger partial charge in [-0.2, -0.15) is 0 Å². The van der Waals surface area contributed by atoms with E-state index in [9.17, 15) is 23.2 Å². The topological polar surface area (TPSA) is 87.2 Å². The van der Waals surface area contributed by atoms with Crippen LogP contribution >= 0.6 is 0 Å². The normalized spacial score (nSPS) is 24.0. The maximum Gasteiger partial charge on any atom is 0.323 e. The number of carboxylic acid groups (broad SMARTS) is 1. The maximum absolute atomic E-state index is 13.2. The number of morpholine rings is 1. The number of carboxylic acids is 1. The number of hydrogen-bond acceptors (Lipinski definition) is 4. The zero-order valence-corrected chi connectivity index (χ0v) is 14.2. The van der Waals surface area contributed by atoms with Crippen LogP contribution in [0.1, 0.15) is 32.6 Å². The summed E-state index contributed by atoms with van der Waals surface area (Å²) in [4.78, 5) is 37.7. The van der Waals surface area contributed by atoms with Crippen LogP contribution in [0.5, 0.6) is 0 Å². The Morgan fingerprint density at radius 2 is 1.92 bits per heavy atom. The molecule has 1 saturated heterocycles. The molecule has 2 fully saturated rings. The summed E-state index contributed by atoms with van der Waals surface area (Å²) in [6, 6.07) is 0. The van der Waals surface area contributed by atoms with Crippen molar-refractivity contribution in [3.63, 3.8) is 0 Å². The van der Waals surface area contributed by atoms with Gasteiger partial charge in [-0.3, -0.25) is 14.4 Å². The predicted octanol–water partition coefficient (Wildman–Crippen LogP) is 0.972. The van der Waals surface area contributed by atoms with Crippen LogP contribution in [-0.4, -0.2) is 77.5 Å². The van der Waals surface area contributed by atoms with Gasteiger partial charge >= 0.3 is 5.97 Å². The number of nitrogens with zero attached hydrogens (tertiary/aromatic N) is 2. The lowest BCUT2D eigenvalue weighted by atomic mass is 9.85. The summed E-state index contributed by atoms with van der Waals surface area (Å²) in [5, 5.41) is 8.85. The molecule has 0 radical (unpaired) electrons. The van der Waals surface area contributed by atoms with Crippen LogP contribution in [0.25, 0.3) is 0 Å². The lowest BCUT2D eigenvalue weighted by molar-refractivity contribution is -0.151. The molecule has 1 aliphatic carbocycles. The standard InChI is InChI=1S/C16H24F2N2O5/c1-11(21)20(10-14(22)23)9-13-8-19(6-7-25-13)15(24)12-2-4-16(17,18)5-3-12/h12-13H,2-10H2,1H3,(H,22,23). The summed E-state index contributed by atoms with van der Waals surface area (Å²) in [6.45, 7) is 1.81. The molecule has 1 atom stereocenters. The number of halogens is 2. The van der Waals surface area contributed by atoms with Crippen molar-refractivity contribution < 1.29 is 33.0 Å². The van der Waals surface area contributed by atoms with E-state index in [4.69, 9.17) is 9.84 Å². The van der Waals surface area contributed by atoms with Gasteiger partial charge in [0.2, 0.25) is 17.7 Å². The molecule has 1 unspecified atom stereocenters. The van der Waals surface area contributed by atoms with Gasteiger partial charge in [-0.1, -0.05) is 0 Å². The minimum atomic E-state index is -2.68. The lowest BCUT2D eigenvalue weighted by Crippen LogP contribution is -2.52. The molecule has 1 N–H and O–H groups in total. The van der Waals surface area contributed by atoms with E-state index in [-0.39, 0.29) is 57.2 Å². The molecule has 25 heavy (non-hydrogen) atoms. The molecule has 9 heteroatoms. The SMILES string of the molecule is CC(=O)N(CC(=O)O)CC1CN(C(=O)C2CCC(F)(F)CC2)CCO1. The summed E-state index contributed by atoms with van der Waals surface area (Å²) in [5.41, 5.74) is 0. The fourth-order valence-corrected chi connectivity index (χ4v) is 3.29. The number of ether oxygens (including phenoxy) is 1. The summed E-state index contributed by atoms with van der Waals surface area (Å²) < 4.78 is 32.0. The summed E-state index contributed by atoms with van der Waals surface area (Å²) in [5.74, 6) is -4.74. The monoisotopic (exact) mass is 362 g/mol. The molecule has 7 nitrogen and oxygen atoms in total. The zero-order valence-electron chi connectivity index (χ0n) is 14.2. The molecule has 0 aromatic carbocycles. The Kier molecular flexibility index (Phi) is 6.31. The van der Waals surface area contributed by atoms with Gasteiger partial charge in [-0.25, -0.2) is 8.78 Å². The van der Waals surface area contributed by atoms with Crippen molar-refractivity contribution in [1.29, 1.82) is 0 Å². The number of carbonyl (C=O) groups excluding carboxylic acids is 2. The van der Waals surface area contributed by atoms with Gasteiger partial charge in [0, 0.05) is 45.3 Å². The highest BCUT2D eigenvalue weighted by Crippen LogP contribution is 2.37. The molecule has 142 valence electrons. The van der Waals surface area contributed by atoms with Gasteiger partial charge in [0.1, 0.15) is 6.54 Å². The van der Waals surface area contributed by atoms with Crippen molar-refractivity contribution in [2.45, 2.75) is 44.6 Å². The van der Waals surface area contributed by atoms with E-state index in [1.807, 2.05) is 0 Å². The van der Waals surface area contributed by atoms with E-state index in [1.165, 1.54) is 6.92 Å². The second-order valence-electron chi connectivity index (χ2n) is 6.70. The average molecular weight is 362 g/mol. The largest absolute Gasteiger partial charge is 0.480 e. The number of carbonyl (C=O) groups is 3. The first kappa shape index (κ1) is 19.6. The molecule has 0 aromatic rings. The number of rotatable bonds is 5. The first-order valence-electron chi connectivity index (χ1n) is 8.43. The van der Waals surface area contributed by atoms with Crippen LogP contribution in [0.3, 0.4) is 0 Å². The fraction of sp³-hybridized carbons (Fsp3) is 0.812. The van der Waals surface area contributed by atoms with Gasteiger partial charge in [0.05, 0.1) is 12.7 Å². The molecule has 1 aliphatic heterocycles. The van der Waals surface area contributed by atoms with Crippen LogP contribution in [0, 0.1) is 5.92 Å². The quantitative estimate of drug-likeness (QED) is 0.788. The van der Waals surface area contributed by atoms with E-state index in [0.29, 0.717) is 6.54 Å². The van der Waals surface area contributed by atoms with Crippen molar-refractivity contribution >= 4 is 17.8 Å². The highest BCUT2D eigenvalue weighted by atomic mass is 19.3. The average Bonchev–Trinajstić information content (AvgIpc) is 2.53. The van der Waals surface area contributed by atoms with E-state index < -0.39 is 30.5 Å². The van der Waals surface area contributed by atoms with Crippen molar-refractivity contribution in [2.75, 3.05) is 32.8 Å². The third kappa shape index (κ3) is 5.62. The molecule has 1 saturated carbocycles.